The molecule has 2 N–H and O–H groups in total. The summed E-state index contributed by atoms with van der Waals surface area (Å²) in [7, 11) is 0. The van der Waals surface area contributed by atoms with E-state index in [2.05, 4.69) is 76.4 Å². The van der Waals surface area contributed by atoms with E-state index >= 15 is 0 Å². The number of nitrogens with zero attached hydrogens (tertiary/aromatic N) is 3. The second-order valence-corrected chi connectivity index (χ2v) is 7.83. The lowest BCUT2D eigenvalue weighted by molar-refractivity contribution is 0.254. The van der Waals surface area contributed by atoms with Crippen molar-refractivity contribution in [3.05, 3.63) is 70.4 Å². The van der Waals surface area contributed by atoms with E-state index in [9.17, 15) is 0 Å². The van der Waals surface area contributed by atoms with Gasteiger partial charge in [-0.3, -0.25) is 10.00 Å². The Morgan fingerprint density at radius 3 is 2.75 bits per heavy atom. The van der Waals surface area contributed by atoms with Crippen LogP contribution in [0.3, 0.4) is 0 Å². The molecule has 0 unspecified atom stereocenters. The van der Waals surface area contributed by atoms with E-state index in [0.29, 0.717) is 0 Å². The fraction of sp³-hybridized carbons (Fsp3) is 0.304. The summed E-state index contributed by atoms with van der Waals surface area (Å²) in [6, 6.07) is 15.0. The van der Waals surface area contributed by atoms with Gasteiger partial charge >= 0.3 is 0 Å². The van der Waals surface area contributed by atoms with E-state index in [1.807, 2.05) is 0 Å². The Balaban J connectivity index is 1.36. The lowest BCUT2D eigenvalue weighted by atomic mass is 10.0. The van der Waals surface area contributed by atoms with Crippen LogP contribution in [0.1, 0.15) is 27.9 Å². The van der Waals surface area contributed by atoms with Crippen molar-refractivity contribution in [3.8, 4) is 11.5 Å². The van der Waals surface area contributed by atoms with Gasteiger partial charge in [-0.1, -0.05) is 30.3 Å². The third-order valence-corrected chi connectivity index (χ3v) is 5.89. The van der Waals surface area contributed by atoms with Crippen LogP contribution in [0, 0.1) is 13.8 Å². The van der Waals surface area contributed by atoms with E-state index in [-0.39, 0.29) is 0 Å². The third kappa shape index (κ3) is 3.12. The predicted octanol–water partition coefficient (Wildman–Crippen LogP) is 4.17. The number of hydrogen-bond acceptors (Lipinski definition) is 3. The molecule has 0 fully saturated rings. The molecule has 5 rings (SSSR count). The molecule has 4 aromatic rings. The number of benzene rings is 2. The van der Waals surface area contributed by atoms with Crippen molar-refractivity contribution < 1.29 is 0 Å². The number of aryl methyl sites for hydroxylation is 2. The zero-order valence-electron chi connectivity index (χ0n) is 16.4. The highest BCUT2D eigenvalue weighted by molar-refractivity contribution is 5.81. The molecule has 2 aromatic carbocycles. The van der Waals surface area contributed by atoms with Gasteiger partial charge in [0.2, 0.25) is 0 Å². The topological polar surface area (TPSA) is 60.6 Å². The number of aromatic amines is 2. The summed E-state index contributed by atoms with van der Waals surface area (Å²) in [6.45, 7) is 7.32. The van der Waals surface area contributed by atoms with Crippen molar-refractivity contribution in [1.82, 2.24) is 25.1 Å². The van der Waals surface area contributed by atoms with Crippen LogP contribution in [-0.4, -0.2) is 38.2 Å². The Kier molecular flexibility index (Phi) is 4.24. The summed E-state index contributed by atoms with van der Waals surface area (Å²) in [5, 5.41) is 7.88. The van der Waals surface area contributed by atoms with Gasteiger partial charge in [0.1, 0.15) is 5.69 Å². The first-order valence-electron chi connectivity index (χ1n) is 9.97. The van der Waals surface area contributed by atoms with Crippen molar-refractivity contribution >= 4 is 11.0 Å². The van der Waals surface area contributed by atoms with Gasteiger partial charge in [-0.15, -0.1) is 0 Å². The zero-order chi connectivity index (χ0) is 19.1. The Morgan fingerprint density at radius 2 is 1.89 bits per heavy atom. The highest BCUT2D eigenvalue weighted by Crippen LogP contribution is 2.28. The standard InChI is InChI=1S/C23H25N5/c1-15-12-19-20(13-16(15)2)25-23(24-19)22-18-9-11-28(14-21(18)26-27-22)10-8-17-6-4-3-5-7-17/h3-7,12-13H,8-11,14H2,1-2H3,(H,24,25)(H,26,27). The van der Waals surface area contributed by atoms with E-state index in [0.717, 1.165) is 55.0 Å². The monoisotopic (exact) mass is 371 g/mol. The summed E-state index contributed by atoms with van der Waals surface area (Å²) < 4.78 is 0. The molecule has 1 aliphatic heterocycles. The molecule has 2 aromatic heterocycles. The van der Waals surface area contributed by atoms with Gasteiger partial charge < -0.3 is 4.98 Å². The molecule has 0 radical (unpaired) electrons. The molecule has 0 spiro atoms. The highest BCUT2D eigenvalue weighted by atomic mass is 15.2. The van der Waals surface area contributed by atoms with Crippen LogP contribution in [0.2, 0.25) is 0 Å². The summed E-state index contributed by atoms with van der Waals surface area (Å²) in [5.74, 6) is 0.871. The second kappa shape index (κ2) is 6.91. The van der Waals surface area contributed by atoms with Gasteiger partial charge in [0.05, 0.1) is 16.7 Å². The molecule has 5 heteroatoms. The molecule has 5 nitrogen and oxygen atoms in total. The average molecular weight is 371 g/mol. The van der Waals surface area contributed by atoms with Gasteiger partial charge in [0.25, 0.3) is 0 Å². The van der Waals surface area contributed by atoms with Gasteiger partial charge in [-0.05, 0) is 55.5 Å². The molecule has 142 valence electrons. The molecule has 0 aliphatic carbocycles. The summed E-state index contributed by atoms with van der Waals surface area (Å²) in [4.78, 5) is 10.8. The molecule has 0 bridgehead atoms. The maximum absolute atomic E-state index is 4.81. The Hall–Kier alpha value is -2.92. The Bertz CT molecular complexity index is 1080. The SMILES string of the molecule is Cc1cc2nc(-c3n[nH]c4c3CCN(CCc3ccccc3)C4)[nH]c2cc1C. The minimum absolute atomic E-state index is 0.871. The number of nitrogens with one attached hydrogen (secondary N) is 2. The number of hydrogen-bond donors (Lipinski definition) is 2. The highest BCUT2D eigenvalue weighted by Gasteiger charge is 2.24. The van der Waals surface area contributed by atoms with Crippen molar-refractivity contribution in [3.63, 3.8) is 0 Å². The lowest BCUT2D eigenvalue weighted by Gasteiger charge is -2.26. The van der Waals surface area contributed by atoms with E-state index in [1.54, 1.807) is 0 Å². The predicted molar refractivity (Wildman–Crippen MR) is 112 cm³/mol. The molecule has 0 atom stereocenters. The van der Waals surface area contributed by atoms with Gasteiger partial charge in [-0.25, -0.2) is 4.98 Å². The van der Waals surface area contributed by atoms with Gasteiger partial charge in [0.15, 0.2) is 5.82 Å². The number of fused-ring (bicyclic) bond motifs is 2. The number of rotatable bonds is 4. The molecule has 0 saturated heterocycles. The van der Waals surface area contributed by atoms with Crippen molar-refractivity contribution in [2.75, 3.05) is 13.1 Å². The first-order valence-corrected chi connectivity index (χ1v) is 9.97. The van der Waals surface area contributed by atoms with Crippen molar-refractivity contribution in [2.45, 2.75) is 33.2 Å². The summed E-state index contributed by atoms with van der Waals surface area (Å²) in [5.41, 5.74) is 9.54. The first-order chi connectivity index (χ1) is 13.7. The first kappa shape index (κ1) is 17.2. The fourth-order valence-corrected chi connectivity index (χ4v) is 4.07. The summed E-state index contributed by atoms with van der Waals surface area (Å²) >= 11 is 0. The normalized spacial score (nSPS) is 14.5. The second-order valence-electron chi connectivity index (χ2n) is 7.83. The molecular formula is C23H25N5. The van der Waals surface area contributed by atoms with Crippen molar-refractivity contribution in [2.24, 2.45) is 0 Å². The van der Waals surface area contributed by atoms with Crippen LogP contribution in [0.15, 0.2) is 42.5 Å². The van der Waals surface area contributed by atoms with Gasteiger partial charge in [0, 0.05) is 25.2 Å². The number of H-pyrrole nitrogens is 2. The fourth-order valence-electron chi connectivity index (χ4n) is 4.07. The Morgan fingerprint density at radius 1 is 1.07 bits per heavy atom. The van der Waals surface area contributed by atoms with E-state index in [1.165, 1.54) is 27.9 Å². The molecule has 3 heterocycles. The quantitative estimate of drug-likeness (QED) is 0.566. The van der Waals surface area contributed by atoms with Crippen LogP contribution in [0.4, 0.5) is 0 Å². The maximum Gasteiger partial charge on any atom is 0.159 e. The molecule has 0 amide bonds. The molecular weight excluding hydrogens is 346 g/mol. The van der Waals surface area contributed by atoms with Crippen LogP contribution < -0.4 is 0 Å². The number of aromatic nitrogens is 4. The van der Waals surface area contributed by atoms with Crippen LogP contribution in [-0.2, 0) is 19.4 Å². The van der Waals surface area contributed by atoms with E-state index in [4.69, 9.17) is 4.98 Å². The average Bonchev–Trinajstić information content (AvgIpc) is 3.30. The van der Waals surface area contributed by atoms with E-state index < -0.39 is 0 Å². The molecule has 28 heavy (non-hydrogen) atoms. The Labute approximate surface area is 164 Å². The largest absolute Gasteiger partial charge is 0.337 e. The lowest BCUT2D eigenvalue weighted by Crippen LogP contribution is -2.32. The summed E-state index contributed by atoms with van der Waals surface area (Å²) in [6.07, 6.45) is 2.09. The maximum atomic E-state index is 4.81. The van der Waals surface area contributed by atoms with Crippen LogP contribution >= 0.6 is 0 Å². The smallest absolute Gasteiger partial charge is 0.159 e. The third-order valence-electron chi connectivity index (χ3n) is 5.89. The number of imidazole rings is 1. The molecule has 0 saturated carbocycles. The van der Waals surface area contributed by atoms with Gasteiger partial charge in [-0.2, -0.15) is 5.10 Å². The van der Waals surface area contributed by atoms with Crippen molar-refractivity contribution in [1.29, 1.82) is 0 Å². The van der Waals surface area contributed by atoms with Crippen LogP contribution in [0.25, 0.3) is 22.6 Å². The minimum Gasteiger partial charge on any atom is -0.337 e. The zero-order valence-corrected chi connectivity index (χ0v) is 16.4. The van der Waals surface area contributed by atoms with Crippen LogP contribution in [0.5, 0.6) is 0 Å². The molecule has 1 aliphatic rings. The minimum atomic E-state index is 0.871.